The molecule has 0 unspecified atom stereocenters. The van der Waals surface area contributed by atoms with Gasteiger partial charge in [0, 0.05) is 12.7 Å². The Morgan fingerprint density at radius 1 is 1.39 bits per heavy atom. The van der Waals surface area contributed by atoms with Crippen molar-refractivity contribution >= 4 is 5.69 Å². The van der Waals surface area contributed by atoms with Crippen LogP contribution in [0.4, 0.5) is 10.1 Å². The molecule has 0 radical (unpaired) electrons. The first kappa shape index (κ1) is 12.5. The van der Waals surface area contributed by atoms with Crippen LogP contribution in [0.25, 0.3) is 11.4 Å². The van der Waals surface area contributed by atoms with E-state index in [2.05, 4.69) is 23.9 Å². The van der Waals surface area contributed by atoms with Crippen LogP contribution in [-0.4, -0.2) is 14.8 Å². The lowest BCUT2D eigenvalue weighted by Crippen LogP contribution is -2.02. The van der Waals surface area contributed by atoms with E-state index < -0.39 is 0 Å². The van der Waals surface area contributed by atoms with Crippen LogP contribution in [0.3, 0.4) is 0 Å². The monoisotopic (exact) mass is 248 g/mol. The summed E-state index contributed by atoms with van der Waals surface area (Å²) in [6, 6.07) is 2.94. The minimum absolute atomic E-state index is 0.364. The maximum absolute atomic E-state index is 12.8. The minimum Gasteiger partial charge on any atom is -0.396 e. The molecule has 5 heteroatoms. The Labute approximate surface area is 106 Å². The van der Waals surface area contributed by atoms with Crippen LogP contribution in [0.2, 0.25) is 0 Å². The Kier molecular flexibility index (Phi) is 3.60. The summed E-state index contributed by atoms with van der Waals surface area (Å²) in [5, 5.41) is 4.39. The fourth-order valence-electron chi connectivity index (χ4n) is 1.66. The zero-order valence-electron chi connectivity index (χ0n) is 10.6. The largest absolute Gasteiger partial charge is 0.396 e. The van der Waals surface area contributed by atoms with Crippen LogP contribution < -0.4 is 5.73 Å². The van der Waals surface area contributed by atoms with E-state index in [0.717, 1.165) is 13.0 Å². The maximum atomic E-state index is 12.8. The fraction of sp³-hybridized carbons (Fsp3) is 0.385. The third-order valence-electron chi connectivity index (χ3n) is 2.70. The zero-order chi connectivity index (χ0) is 13.1. The van der Waals surface area contributed by atoms with Crippen LogP contribution in [0, 0.1) is 11.7 Å². The molecule has 96 valence electrons. The van der Waals surface area contributed by atoms with Crippen molar-refractivity contribution in [1.29, 1.82) is 0 Å². The van der Waals surface area contributed by atoms with E-state index in [4.69, 9.17) is 5.73 Å². The molecule has 0 aliphatic carbocycles. The van der Waals surface area contributed by atoms with Crippen molar-refractivity contribution in [2.24, 2.45) is 5.92 Å². The van der Waals surface area contributed by atoms with Gasteiger partial charge in [-0.1, -0.05) is 13.8 Å². The summed E-state index contributed by atoms with van der Waals surface area (Å²) in [6.07, 6.45) is 4.00. The quantitative estimate of drug-likeness (QED) is 0.905. The first-order chi connectivity index (χ1) is 8.56. The number of nitrogens with two attached hydrogens (primary N) is 1. The van der Waals surface area contributed by atoms with E-state index >= 15 is 0 Å². The molecule has 2 aromatic heterocycles. The number of nitrogens with zero attached hydrogens (tertiary/aromatic N) is 3. The molecule has 0 bridgehead atoms. The SMILES string of the molecule is CC(C)CCn1cc(N)c(-c2ccc(F)cn2)n1. The van der Waals surface area contributed by atoms with Gasteiger partial charge in [-0.15, -0.1) is 0 Å². The molecule has 0 fully saturated rings. The van der Waals surface area contributed by atoms with Crippen LogP contribution >= 0.6 is 0 Å². The van der Waals surface area contributed by atoms with E-state index in [9.17, 15) is 4.39 Å². The van der Waals surface area contributed by atoms with Crippen molar-refractivity contribution in [1.82, 2.24) is 14.8 Å². The lowest BCUT2D eigenvalue weighted by Gasteiger charge is -2.03. The van der Waals surface area contributed by atoms with Crippen molar-refractivity contribution in [3.63, 3.8) is 0 Å². The number of halogens is 1. The molecule has 0 saturated carbocycles. The second-order valence-electron chi connectivity index (χ2n) is 4.74. The number of pyridine rings is 1. The van der Waals surface area contributed by atoms with Gasteiger partial charge in [0.2, 0.25) is 0 Å². The van der Waals surface area contributed by atoms with Crippen LogP contribution in [0.15, 0.2) is 24.5 Å². The predicted molar refractivity (Wildman–Crippen MR) is 69.3 cm³/mol. The number of hydrogen-bond acceptors (Lipinski definition) is 3. The lowest BCUT2D eigenvalue weighted by atomic mass is 10.1. The van der Waals surface area contributed by atoms with Gasteiger partial charge in [-0.2, -0.15) is 5.10 Å². The number of aromatic nitrogens is 3. The molecule has 0 spiro atoms. The highest BCUT2D eigenvalue weighted by Gasteiger charge is 2.10. The molecule has 2 heterocycles. The average molecular weight is 248 g/mol. The van der Waals surface area contributed by atoms with Gasteiger partial charge in [0.1, 0.15) is 11.5 Å². The number of aryl methyl sites for hydroxylation is 1. The van der Waals surface area contributed by atoms with Crippen molar-refractivity contribution in [2.75, 3.05) is 5.73 Å². The van der Waals surface area contributed by atoms with Gasteiger partial charge < -0.3 is 5.73 Å². The van der Waals surface area contributed by atoms with E-state index in [0.29, 0.717) is 23.0 Å². The molecule has 2 rings (SSSR count). The molecular weight excluding hydrogens is 231 g/mol. The van der Waals surface area contributed by atoms with Crippen molar-refractivity contribution in [3.05, 3.63) is 30.3 Å². The first-order valence-electron chi connectivity index (χ1n) is 6.01. The summed E-state index contributed by atoms with van der Waals surface area (Å²) >= 11 is 0. The van der Waals surface area contributed by atoms with E-state index in [1.807, 2.05) is 4.68 Å². The molecule has 4 nitrogen and oxygen atoms in total. The topological polar surface area (TPSA) is 56.7 Å². The zero-order valence-corrected chi connectivity index (χ0v) is 10.6. The highest BCUT2D eigenvalue weighted by atomic mass is 19.1. The van der Waals surface area contributed by atoms with Gasteiger partial charge in [-0.3, -0.25) is 9.67 Å². The smallest absolute Gasteiger partial charge is 0.141 e. The summed E-state index contributed by atoms with van der Waals surface area (Å²) in [7, 11) is 0. The third kappa shape index (κ3) is 2.85. The average Bonchev–Trinajstić information content (AvgIpc) is 2.69. The molecule has 0 aliphatic rings. The maximum Gasteiger partial charge on any atom is 0.141 e. The summed E-state index contributed by atoms with van der Waals surface area (Å²) in [6.45, 7) is 5.15. The van der Waals surface area contributed by atoms with Crippen molar-refractivity contribution in [2.45, 2.75) is 26.8 Å². The number of anilines is 1. The predicted octanol–water partition coefficient (Wildman–Crippen LogP) is 2.71. The van der Waals surface area contributed by atoms with Gasteiger partial charge >= 0.3 is 0 Å². The lowest BCUT2D eigenvalue weighted by molar-refractivity contribution is 0.488. The molecule has 0 saturated heterocycles. The third-order valence-corrected chi connectivity index (χ3v) is 2.70. The molecule has 0 aliphatic heterocycles. The molecule has 2 aromatic rings. The summed E-state index contributed by atoms with van der Waals surface area (Å²) in [4.78, 5) is 3.99. The molecule has 0 amide bonds. The van der Waals surface area contributed by atoms with Gasteiger partial charge in [-0.25, -0.2) is 4.39 Å². The number of rotatable bonds is 4. The number of hydrogen-bond donors (Lipinski definition) is 1. The molecule has 2 N–H and O–H groups in total. The van der Waals surface area contributed by atoms with Gasteiger partial charge in [0.15, 0.2) is 0 Å². The standard InChI is InChI=1S/C13H17FN4/c1-9(2)5-6-18-8-11(15)13(17-18)12-4-3-10(14)7-16-12/h3-4,7-9H,5-6,15H2,1-2H3. The van der Waals surface area contributed by atoms with Crippen molar-refractivity contribution in [3.8, 4) is 11.4 Å². The van der Waals surface area contributed by atoms with Crippen LogP contribution in [0.1, 0.15) is 20.3 Å². The second-order valence-corrected chi connectivity index (χ2v) is 4.74. The van der Waals surface area contributed by atoms with E-state index in [-0.39, 0.29) is 5.82 Å². The summed E-state index contributed by atoms with van der Waals surface area (Å²) in [5.41, 5.74) is 7.67. The van der Waals surface area contributed by atoms with Crippen LogP contribution in [-0.2, 0) is 6.54 Å². The normalized spacial score (nSPS) is 11.1. The molecule has 18 heavy (non-hydrogen) atoms. The van der Waals surface area contributed by atoms with Crippen LogP contribution in [0.5, 0.6) is 0 Å². The molecule has 0 atom stereocenters. The highest BCUT2D eigenvalue weighted by Crippen LogP contribution is 2.22. The second kappa shape index (κ2) is 5.16. The highest BCUT2D eigenvalue weighted by molar-refractivity contribution is 5.68. The van der Waals surface area contributed by atoms with Gasteiger partial charge in [0.05, 0.1) is 17.6 Å². The van der Waals surface area contributed by atoms with Crippen molar-refractivity contribution < 1.29 is 4.39 Å². The minimum atomic E-state index is -0.364. The Morgan fingerprint density at radius 3 is 2.78 bits per heavy atom. The number of nitrogen functional groups attached to an aromatic ring is 1. The Bertz CT molecular complexity index is 516. The Morgan fingerprint density at radius 2 is 2.17 bits per heavy atom. The van der Waals surface area contributed by atoms with E-state index in [1.165, 1.54) is 12.3 Å². The summed E-state index contributed by atoms with van der Waals surface area (Å²) < 4.78 is 14.6. The first-order valence-corrected chi connectivity index (χ1v) is 6.01. The van der Waals surface area contributed by atoms with Gasteiger partial charge in [0.25, 0.3) is 0 Å². The van der Waals surface area contributed by atoms with Gasteiger partial charge in [-0.05, 0) is 24.5 Å². The molecular formula is C13H17FN4. The Balaban J connectivity index is 2.21. The Hall–Kier alpha value is -1.91. The molecule has 0 aromatic carbocycles. The summed E-state index contributed by atoms with van der Waals surface area (Å²) in [5.74, 6) is 0.249. The fourth-order valence-corrected chi connectivity index (χ4v) is 1.66. The van der Waals surface area contributed by atoms with E-state index in [1.54, 1.807) is 12.3 Å².